The lowest BCUT2D eigenvalue weighted by Gasteiger charge is -2.26. The largest absolute Gasteiger partial charge is 0.493 e. The molecule has 2 fully saturated rings. The van der Waals surface area contributed by atoms with Gasteiger partial charge in [-0.1, -0.05) is 24.3 Å². The highest BCUT2D eigenvalue weighted by Gasteiger charge is 2.60. The fourth-order valence-corrected chi connectivity index (χ4v) is 4.00. The maximum atomic E-state index is 13.3. The molecular weight excluding hydrogens is 390 g/mol. The van der Waals surface area contributed by atoms with Gasteiger partial charge < -0.3 is 15.2 Å². The molecule has 30 heavy (non-hydrogen) atoms. The van der Waals surface area contributed by atoms with Crippen LogP contribution in [0.15, 0.2) is 48.5 Å². The van der Waals surface area contributed by atoms with Gasteiger partial charge in [0.05, 0.1) is 31.9 Å². The predicted octanol–water partition coefficient (Wildman–Crippen LogP) is 1.04. The predicted molar refractivity (Wildman–Crippen MR) is 105 cm³/mol. The van der Waals surface area contributed by atoms with Gasteiger partial charge in [-0.05, 0) is 29.8 Å². The molecule has 0 saturated carbocycles. The standard InChI is InChI=1S/C21H21N3O6/c1-28-14-9-8-12(10-15(14)29-2)18-17-19(30-23(18)11-16(22)25)21(27)24(20(17)26)13-6-4-3-5-7-13/h3-10,17-19H,11H2,1-2H3,(H2,22,25). The number of carbonyl (C=O) groups excluding carboxylic acids is 3. The van der Waals surface area contributed by atoms with Crippen LogP contribution in [0.2, 0.25) is 0 Å². The van der Waals surface area contributed by atoms with Crippen molar-refractivity contribution in [3.63, 3.8) is 0 Å². The number of para-hydroxylation sites is 1. The van der Waals surface area contributed by atoms with Gasteiger partial charge in [0.25, 0.3) is 5.91 Å². The summed E-state index contributed by atoms with van der Waals surface area (Å²) < 4.78 is 10.6. The van der Waals surface area contributed by atoms with Crippen molar-refractivity contribution in [3.05, 3.63) is 54.1 Å². The molecule has 156 valence electrons. The number of nitrogens with two attached hydrogens (primary N) is 1. The number of ether oxygens (including phenoxy) is 2. The van der Waals surface area contributed by atoms with Gasteiger partial charge in [0.15, 0.2) is 17.6 Å². The number of hydrogen-bond donors (Lipinski definition) is 1. The van der Waals surface area contributed by atoms with E-state index >= 15 is 0 Å². The number of hydroxylamine groups is 2. The molecule has 0 bridgehead atoms. The number of fused-ring (bicyclic) bond motifs is 1. The number of primary amides is 1. The molecule has 0 radical (unpaired) electrons. The third kappa shape index (κ3) is 3.17. The van der Waals surface area contributed by atoms with Crippen LogP contribution in [0.4, 0.5) is 5.69 Å². The molecule has 2 saturated heterocycles. The highest BCUT2D eigenvalue weighted by atomic mass is 16.7. The molecule has 3 atom stereocenters. The summed E-state index contributed by atoms with van der Waals surface area (Å²) in [6.45, 7) is -0.266. The van der Waals surface area contributed by atoms with E-state index in [1.165, 1.54) is 19.3 Å². The second-order valence-electron chi connectivity index (χ2n) is 7.00. The molecule has 9 nitrogen and oxygen atoms in total. The number of imide groups is 1. The number of hydrogen-bond acceptors (Lipinski definition) is 7. The van der Waals surface area contributed by atoms with Gasteiger partial charge >= 0.3 is 0 Å². The molecule has 0 spiro atoms. The molecule has 3 amide bonds. The molecule has 4 rings (SSSR count). The van der Waals surface area contributed by atoms with Crippen LogP contribution in [-0.2, 0) is 19.2 Å². The Morgan fingerprint density at radius 3 is 2.37 bits per heavy atom. The Labute approximate surface area is 172 Å². The topological polar surface area (TPSA) is 111 Å². The molecule has 0 aliphatic carbocycles. The first-order valence-corrected chi connectivity index (χ1v) is 9.32. The van der Waals surface area contributed by atoms with Crippen LogP contribution in [0, 0.1) is 5.92 Å². The van der Waals surface area contributed by atoms with Crippen molar-refractivity contribution in [1.29, 1.82) is 0 Å². The molecule has 2 N–H and O–H groups in total. The Hall–Kier alpha value is -3.43. The Morgan fingerprint density at radius 2 is 1.73 bits per heavy atom. The number of benzene rings is 2. The van der Waals surface area contributed by atoms with Crippen molar-refractivity contribution in [3.8, 4) is 11.5 Å². The second kappa shape index (κ2) is 7.77. The van der Waals surface area contributed by atoms with Gasteiger partial charge in [-0.2, -0.15) is 5.06 Å². The quantitative estimate of drug-likeness (QED) is 0.707. The molecule has 2 heterocycles. The number of anilines is 1. The van der Waals surface area contributed by atoms with E-state index < -0.39 is 35.8 Å². The maximum Gasteiger partial charge on any atom is 0.265 e. The summed E-state index contributed by atoms with van der Waals surface area (Å²) in [5.41, 5.74) is 6.47. The highest BCUT2D eigenvalue weighted by molar-refractivity contribution is 6.23. The minimum absolute atomic E-state index is 0.266. The van der Waals surface area contributed by atoms with Gasteiger partial charge in [-0.15, -0.1) is 0 Å². The Bertz CT molecular complexity index is 995. The first-order chi connectivity index (χ1) is 14.5. The molecule has 0 aromatic heterocycles. The van der Waals surface area contributed by atoms with Crippen molar-refractivity contribution < 1.29 is 28.7 Å². The van der Waals surface area contributed by atoms with Crippen molar-refractivity contribution in [2.45, 2.75) is 12.1 Å². The normalized spacial score (nSPS) is 23.5. The zero-order valence-electron chi connectivity index (χ0n) is 16.5. The number of carbonyl (C=O) groups is 3. The summed E-state index contributed by atoms with van der Waals surface area (Å²) in [5, 5.41) is 1.30. The number of amides is 3. The van der Waals surface area contributed by atoms with Crippen molar-refractivity contribution in [2.24, 2.45) is 11.7 Å². The Kier molecular flexibility index (Phi) is 5.15. The van der Waals surface area contributed by atoms with E-state index in [1.807, 2.05) is 0 Å². The first kappa shape index (κ1) is 19.9. The van der Waals surface area contributed by atoms with E-state index in [0.29, 0.717) is 22.7 Å². The van der Waals surface area contributed by atoms with Gasteiger partial charge in [0, 0.05) is 0 Å². The Morgan fingerprint density at radius 1 is 1.03 bits per heavy atom. The third-order valence-electron chi connectivity index (χ3n) is 5.27. The first-order valence-electron chi connectivity index (χ1n) is 9.32. The monoisotopic (exact) mass is 411 g/mol. The summed E-state index contributed by atoms with van der Waals surface area (Å²) >= 11 is 0. The van der Waals surface area contributed by atoms with Crippen molar-refractivity contribution >= 4 is 23.4 Å². The average Bonchev–Trinajstić information content (AvgIpc) is 3.22. The maximum absolute atomic E-state index is 13.3. The summed E-state index contributed by atoms with van der Waals surface area (Å²) in [6, 6.07) is 13.1. The van der Waals surface area contributed by atoms with Gasteiger partial charge in [0.1, 0.15) is 6.54 Å². The molecule has 3 unspecified atom stereocenters. The van der Waals surface area contributed by atoms with Crippen LogP contribution in [0.5, 0.6) is 11.5 Å². The van der Waals surface area contributed by atoms with Crippen LogP contribution in [0.1, 0.15) is 11.6 Å². The SMILES string of the molecule is COc1ccc(C2C3C(=O)N(c4ccccc4)C(=O)C3ON2CC(N)=O)cc1OC. The molecular formula is C21H21N3O6. The van der Waals surface area contributed by atoms with Crippen LogP contribution in [0.25, 0.3) is 0 Å². The average molecular weight is 411 g/mol. The second-order valence-corrected chi connectivity index (χ2v) is 7.00. The van der Waals surface area contributed by atoms with Crippen LogP contribution in [-0.4, -0.2) is 49.7 Å². The van der Waals surface area contributed by atoms with E-state index in [9.17, 15) is 14.4 Å². The zero-order valence-corrected chi connectivity index (χ0v) is 16.5. The summed E-state index contributed by atoms with van der Waals surface area (Å²) in [6.07, 6.45) is -1.05. The summed E-state index contributed by atoms with van der Waals surface area (Å²) in [5.74, 6) is -1.39. The molecule has 2 aromatic carbocycles. The van der Waals surface area contributed by atoms with E-state index in [-0.39, 0.29) is 6.54 Å². The van der Waals surface area contributed by atoms with Gasteiger partial charge in [0.2, 0.25) is 11.8 Å². The fourth-order valence-electron chi connectivity index (χ4n) is 4.00. The smallest absolute Gasteiger partial charge is 0.265 e. The van der Waals surface area contributed by atoms with E-state index in [4.69, 9.17) is 20.0 Å². The highest BCUT2D eigenvalue weighted by Crippen LogP contribution is 2.46. The number of rotatable bonds is 6. The van der Waals surface area contributed by atoms with Crippen LogP contribution >= 0.6 is 0 Å². The number of nitrogens with zero attached hydrogens (tertiary/aromatic N) is 2. The zero-order chi connectivity index (χ0) is 21.4. The minimum Gasteiger partial charge on any atom is -0.493 e. The molecule has 2 aliphatic heterocycles. The van der Waals surface area contributed by atoms with E-state index in [0.717, 1.165) is 4.90 Å². The van der Waals surface area contributed by atoms with Gasteiger partial charge in [-0.3, -0.25) is 19.2 Å². The minimum atomic E-state index is -1.05. The lowest BCUT2D eigenvalue weighted by molar-refractivity contribution is -0.175. The summed E-state index contributed by atoms with van der Waals surface area (Å²) in [4.78, 5) is 44.8. The van der Waals surface area contributed by atoms with Gasteiger partial charge in [-0.25, -0.2) is 4.90 Å². The van der Waals surface area contributed by atoms with E-state index in [1.54, 1.807) is 48.5 Å². The molecule has 2 aromatic rings. The molecule has 2 aliphatic rings. The third-order valence-corrected chi connectivity index (χ3v) is 5.27. The fraction of sp³-hybridized carbons (Fsp3) is 0.286. The van der Waals surface area contributed by atoms with Crippen molar-refractivity contribution in [1.82, 2.24) is 5.06 Å². The van der Waals surface area contributed by atoms with E-state index in [2.05, 4.69) is 0 Å². The summed E-state index contributed by atoms with van der Waals surface area (Å²) in [7, 11) is 3.01. The molecule has 9 heteroatoms. The van der Waals surface area contributed by atoms with Crippen molar-refractivity contribution in [2.75, 3.05) is 25.7 Å². The lowest BCUT2D eigenvalue weighted by Crippen LogP contribution is -2.40. The van der Waals surface area contributed by atoms with Crippen LogP contribution in [0.3, 0.4) is 0 Å². The van der Waals surface area contributed by atoms with Crippen LogP contribution < -0.4 is 20.1 Å². The lowest BCUT2D eigenvalue weighted by atomic mass is 9.90. The Balaban J connectivity index is 1.76. The number of methoxy groups -OCH3 is 2.